The minimum Gasteiger partial charge on any atom is -0.457 e. The second kappa shape index (κ2) is 8.33. The van der Waals surface area contributed by atoms with Gasteiger partial charge in [-0.15, -0.1) is 0 Å². The molecule has 25 heavy (non-hydrogen) atoms. The van der Waals surface area contributed by atoms with E-state index < -0.39 is 11.8 Å². The van der Waals surface area contributed by atoms with Crippen LogP contribution in [0.2, 0.25) is 0 Å². The molecule has 1 aliphatic rings. The van der Waals surface area contributed by atoms with Gasteiger partial charge in [0.2, 0.25) is 0 Å². The number of ether oxygens (including phenoxy) is 1. The van der Waals surface area contributed by atoms with Gasteiger partial charge in [0, 0.05) is 11.7 Å². The first-order chi connectivity index (χ1) is 12.2. The Morgan fingerprint density at radius 2 is 1.44 bits per heavy atom. The maximum atomic E-state index is 12.0. The normalized spacial score (nSPS) is 14.6. The number of hydrogen-bond donors (Lipinski definition) is 2. The van der Waals surface area contributed by atoms with Gasteiger partial charge < -0.3 is 15.4 Å². The first-order valence-corrected chi connectivity index (χ1v) is 8.65. The SMILES string of the molecule is O=C(Nc1ccc(Oc2ccccc2)cc1)C(=O)NC1CCCCC1. The molecule has 130 valence electrons. The summed E-state index contributed by atoms with van der Waals surface area (Å²) < 4.78 is 5.69. The van der Waals surface area contributed by atoms with Crippen LogP contribution in [0.25, 0.3) is 0 Å². The molecule has 1 aliphatic carbocycles. The summed E-state index contributed by atoms with van der Waals surface area (Å²) in [5.74, 6) is 0.195. The van der Waals surface area contributed by atoms with Gasteiger partial charge in [0.1, 0.15) is 11.5 Å². The Kier molecular flexibility index (Phi) is 5.67. The Hall–Kier alpha value is -2.82. The lowest BCUT2D eigenvalue weighted by Gasteiger charge is -2.22. The van der Waals surface area contributed by atoms with Gasteiger partial charge in [-0.3, -0.25) is 9.59 Å². The fourth-order valence-electron chi connectivity index (χ4n) is 2.92. The smallest absolute Gasteiger partial charge is 0.313 e. The third-order valence-electron chi connectivity index (χ3n) is 4.24. The maximum absolute atomic E-state index is 12.0. The van der Waals surface area contributed by atoms with E-state index in [2.05, 4.69) is 10.6 Å². The van der Waals surface area contributed by atoms with Crippen LogP contribution in [0.3, 0.4) is 0 Å². The van der Waals surface area contributed by atoms with Gasteiger partial charge in [0.15, 0.2) is 0 Å². The number of anilines is 1. The standard InChI is InChI=1S/C20H22N2O3/c23-19(21-15-7-3-1-4-8-15)20(24)22-16-11-13-18(14-12-16)25-17-9-5-2-6-10-17/h2,5-6,9-15H,1,3-4,7-8H2,(H,21,23)(H,22,24). The van der Waals surface area contributed by atoms with Gasteiger partial charge >= 0.3 is 11.8 Å². The van der Waals surface area contributed by atoms with Crippen molar-refractivity contribution in [3.05, 3.63) is 54.6 Å². The van der Waals surface area contributed by atoms with E-state index >= 15 is 0 Å². The minimum absolute atomic E-state index is 0.119. The van der Waals surface area contributed by atoms with Crippen LogP contribution >= 0.6 is 0 Å². The lowest BCUT2D eigenvalue weighted by molar-refractivity contribution is -0.136. The molecule has 2 aromatic rings. The van der Waals surface area contributed by atoms with Crippen molar-refractivity contribution in [3.63, 3.8) is 0 Å². The fourth-order valence-corrected chi connectivity index (χ4v) is 2.92. The molecule has 0 aromatic heterocycles. The molecule has 0 radical (unpaired) electrons. The molecule has 0 heterocycles. The van der Waals surface area contributed by atoms with Crippen LogP contribution in [0.4, 0.5) is 5.69 Å². The van der Waals surface area contributed by atoms with Gasteiger partial charge in [-0.05, 0) is 49.2 Å². The van der Waals surface area contributed by atoms with Gasteiger partial charge in [-0.2, -0.15) is 0 Å². The molecule has 0 aliphatic heterocycles. The van der Waals surface area contributed by atoms with Crippen molar-refractivity contribution in [2.75, 3.05) is 5.32 Å². The highest BCUT2D eigenvalue weighted by molar-refractivity contribution is 6.39. The van der Waals surface area contributed by atoms with Crippen LogP contribution < -0.4 is 15.4 Å². The molecule has 2 N–H and O–H groups in total. The second-order valence-corrected chi connectivity index (χ2v) is 6.20. The molecule has 0 bridgehead atoms. The Labute approximate surface area is 147 Å². The summed E-state index contributed by atoms with van der Waals surface area (Å²) in [5.41, 5.74) is 0.559. The predicted octanol–water partition coefficient (Wildman–Crippen LogP) is 3.87. The van der Waals surface area contributed by atoms with E-state index in [0.717, 1.165) is 31.4 Å². The molecule has 0 spiro atoms. The lowest BCUT2D eigenvalue weighted by Crippen LogP contribution is -2.42. The summed E-state index contributed by atoms with van der Waals surface area (Å²) in [6, 6.07) is 16.5. The molecule has 1 saturated carbocycles. The first-order valence-electron chi connectivity index (χ1n) is 8.65. The molecule has 0 atom stereocenters. The van der Waals surface area contributed by atoms with Crippen LogP contribution in [0.1, 0.15) is 32.1 Å². The molecule has 3 rings (SSSR count). The minimum atomic E-state index is -0.637. The first kappa shape index (κ1) is 17.0. The molecule has 0 unspecified atom stereocenters. The Bertz CT molecular complexity index is 707. The van der Waals surface area contributed by atoms with Crippen LogP contribution in [0.5, 0.6) is 11.5 Å². The van der Waals surface area contributed by atoms with E-state index in [4.69, 9.17) is 4.74 Å². The Morgan fingerprint density at radius 1 is 0.800 bits per heavy atom. The number of carbonyl (C=O) groups excluding carboxylic acids is 2. The van der Waals surface area contributed by atoms with Crippen molar-refractivity contribution < 1.29 is 14.3 Å². The quantitative estimate of drug-likeness (QED) is 0.832. The summed E-state index contributed by atoms with van der Waals surface area (Å²) >= 11 is 0. The average molecular weight is 338 g/mol. The van der Waals surface area contributed by atoms with Crippen LogP contribution in [0, 0.1) is 0 Å². The van der Waals surface area contributed by atoms with Crippen molar-refractivity contribution >= 4 is 17.5 Å². The second-order valence-electron chi connectivity index (χ2n) is 6.20. The molecular formula is C20H22N2O3. The number of nitrogens with one attached hydrogen (secondary N) is 2. The monoisotopic (exact) mass is 338 g/mol. The van der Waals surface area contributed by atoms with E-state index in [1.165, 1.54) is 6.42 Å². The third kappa shape index (κ3) is 5.08. The van der Waals surface area contributed by atoms with Crippen molar-refractivity contribution in [2.24, 2.45) is 0 Å². The van der Waals surface area contributed by atoms with E-state index in [1.54, 1.807) is 24.3 Å². The van der Waals surface area contributed by atoms with E-state index in [-0.39, 0.29) is 6.04 Å². The zero-order valence-electron chi connectivity index (χ0n) is 14.0. The molecule has 5 nitrogen and oxygen atoms in total. The molecule has 0 saturated heterocycles. The van der Waals surface area contributed by atoms with Crippen molar-refractivity contribution in [3.8, 4) is 11.5 Å². The van der Waals surface area contributed by atoms with Crippen molar-refractivity contribution in [1.29, 1.82) is 0 Å². The fraction of sp³-hybridized carbons (Fsp3) is 0.300. The zero-order chi connectivity index (χ0) is 17.5. The summed E-state index contributed by atoms with van der Waals surface area (Å²) in [5, 5.41) is 5.42. The number of rotatable bonds is 4. The average Bonchev–Trinajstić information content (AvgIpc) is 2.65. The van der Waals surface area contributed by atoms with Crippen LogP contribution in [0.15, 0.2) is 54.6 Å². The largest absolute Gasteiger partial charge is 0.457 e. The molecule has 5 heteroatoms. The zero-order valence-corrected chi connectivity index (χ0v) is 14.0. The summed E-state index contributed by atoms with van der Waals surface area (Å²) in [7, 11) is 0. The molecule has 1 fully saturated rings. The Balaban J connectivity index is 1.51. The van der Waals surface area contributed by atoms with Crippen LogP contribution in [-0.4, -0.2) is 17.9 Å². The molecule has 2 aromatic carbocycles. The number of hydrogen-bond acceptors (Lipinski definition) is 3. The number of amides is 2. The molecular weight excluding hydrogens is 316 g/mol. The number of carbonyl (C=O) groups is 2. The highest BCUT2D eigenvalue weighted by Crippen LogP contribution is 2.22. The van der Waals surface area contributed by atoms with Gasteiger partial charge in [0.05, 0.1) is 0 Å². The molecule has 2 amide bonds. The van der Waals surface area contributed by atoms with E-state index in [9.17, 15) is 9.59 Å². The van der Waals surface area contributed by atoms with Crippen molar-refractivity contribution in [2.45, 2.75) is 38.1 Å². The van der Waals surface area contributed by atoms with Gasteiger partial charge in [0.25, 0.3) is 0 Å². The third-order valence-corrected chi connectivity index (χ3v) is 4.24. The number of benzene rings is 2. The highest BCUT2D eigenvalue weighted by Gasteiger charge is 2.20. The van der Waals surface area contributed by atoms with Gasteiger partial charge in [-0.1, -0.05) is 37.5 Å². The Morgan fingerprint density at radius 3 is 2.12 bits per heavy atom. The summed E-state index contributed by atoms with van der Waals surface area (Å²) in [6.45, 7) is 0. The lowest BCUT2D eigenvalue weighted by atomic mass is 9.95. The van der Waals surface area contributed by atoms with Gasteiger partial charge in [-0.25, -0.2) is 0 Å². The maximum Gasteiger partial charge on any atom is 0.313 e. The summed E-state index contributed by atoms with van der Waals surface area (Å²) in [6.07, 6.45) is 5.32. The van der Waals surface area contributed by atoms with Crippen LogP contribution in [-0.2, 0) is 9.59 Å². The summed E-state index contributed by atoms with van der Waals surface area (Å²) in [4.78, 5) is 24.0. The number of para-hydroxylation sites is 1. The van der Waals surface area contributed by atoms with Crippen molar-refractivity contribution in [1.82, 2.24) is 5.32 Å². The predicted molar refractivity (Wildman–Crippen MR) is 96.6 cm³/mol. The highest BCUT2D eigenvalue weighted by atomic mass is 16.5. The topological polar surface area (TPSA) is 67.4 Å². The van der Waals surface area contributed by atoms with E-state index in [1.807, 2.05) is 30.3 Å². The van der Waals surface area contributed by atoms with E-state index in [0.29, 0.717) is 11.4 Å².